The molecule has 0 spiro atoms. The second-order valence-corrected chi connectivity index (χ2v) is 3.74. The molecule has 2 aromatic heterocycles. The number of nitrogens with two attached hydrogens (primary N) is 1. The Morgan fingerprint density at radius 3 is 2.62 bits per heavy atom. The predicted molar refractivity (Wildman–Crippen MR) is 62.6 cm³/mol. The quantitative estimate of drug-likeness (QED) is 0.828. The van der Waals surface area contributed by atoms with Crippen LogP contribution in [-0.4, -0.2) is 15.0 Å². The molecule has 16 heavy (non-hydrogen) atoms. The van der Waals surface area contributed by atoms with E-state index >= 15 is 0 Å². The molecule has 1 atom stereocenters. The second kappa shape index (κ2) is 4.37. The number of hydrogen-bond donors (Lipinski definition) is 1. The van der Waals surface area contributed by atoms with Crippen molar-refractivity contribution in [2.75, 3.05) is 0 Å². The van der Waals surface area contributed by atoms with Gasteiger partial charge in [-0.25, -0.2) is 9.97 Å². The van der Waals surface area contributed by atoms with E-state index in [1.54, 1.807) is 12.4 Å². The first kappa shape index (κ1) is 10.7. The van der Waals surface area contributed by atoms with Crippen molar-refractivity contribution in [1.82, 2.24) is 15.0 Å². The topological polar surface area (TPSA) is 64.7 Å². The summed E-state index contributed by atoms with van der Waals surface area (Å²) in [6.07, 6.45) is 3.50. The Morgan fingerprint density at radius 1 is 1.25 bits per heavy atom. The van der Waals surface area contributed by atoms with E-state index in [4.69, 9.17) is 5.73 Å². The fourth-order valence-electron chi connectivity index (χ4n) is 1.54. The van der Waals surface area contributed by atoms with Crippen LogP contribution in [0.1, 0.15) is 24.2 Å². The molecule has 0 aliphatic heterocycles. The van der Waals surface area contributed by atoms with E-state index in [1.807, 2.05) is 32.0 Å². The molecule has 2 N–H and O–H groups in total. The van der Waals surface area contributed by atoms with E-state index in [9.17, 15) is 0 Å². The standard InChI is InChI=1S/C12H14N4/c1-8(13)10-7-15-12(16-9(10)2)11-5-3-4-6-14-11/h3-8H,13H2,1-2H3. The summed E-state index contributed by atoms with van der Waals surface area (Å²) >= 11 is 0. The van der Waals surface area contributed by atoms with Gasteiger partial charge in [-0.05, 0) is 26.0 Å². The van der Waals surface area contributed by atoms with Crippen molar-refractivity contribution in [2.45, 2.75) is 19.9 Å². The molecule has 2 heterocycles. The minimum atomic E-state index is -0.0437. The summed E-state index contributed by atoms with van der Waals surface area (Å²) in [7, 11) is 0. The largest absolute Gasteiger partial charge is 0.324 e. The van der Waals surface area contributed by atoms with Gasteiger partial charge in [0, 0.05) is 29.7 Å². The van der Waals surface area contributed by atoms with Crippen LogP contribution in [0.3, 0.4) is 0 Å². The van der Waals surface area contributed by atoms with E-state index in [0.717, 1.165) is 17.0 Å². The Labute approximate surface area is 94.6 Å². The van der Waals surface area contributed by atoms with Gasteiger partial charge in [0.2, 0.25) is 0 Å². The molecule has 1 unspecified atom stereocenters. The lowest BCUT2D eigenvalue weighted by atomic mass is 10.1. The van der Waals surface area contributed by atoms with Crippen LogP contribution in [0.25, 0.3) is 11.5 Å². The minimum Gasteiger partial charge on any atom is -0.324 e. The molecule has 0 saturated carbocycles. The molecule has 0 aliphatic rings. The SMILES string of the molecule is Cc1nc(-c2ccccn2)ncc1C(C)N. The molecular formula is C12H14N4. The fourth-order valence-corrected chi connectivity index (χ4v) is 1.54. The van der Waals surface area contributed by atoms with Gasteiger partial charge in [-0.15, -0.1) is 0 Å². The number of aromatic nitrogens is 3. The lowest BCUT2D eigenvalue weighted by molar-refractivity contribution is 0.790. The molecule has 0 amide bonds. The lowest BCUT2D eigenvalue weighted by Gasteiger charge is -2.09. The minimum absolute atomic E-state index is 0.0437. The zero-order chi connectivity index (χ0) is 11.5. The Balaban J connectivity index is 2.43. The maximum Gasteiger partial charge on any atom is 0.178 e. The van der Waals surface area contributed by atoms with Crippen molar-refractivity contribution >= 4 is 0 Å². The van der Waals surface area contributed by atoms with Gasteiger partial charge >= 0.3 is 0 Å². The van der Waals surface area contributed by atoms with E-state index in [-0.39, 0.29) is 6.04 Å². The monoisotopic (exact) mass is 214 g/mol. The molecule has 0 fully saturated rings. The van der Waals surface area contributed by atoms with Crippen LogP contribution in [0.15, 0.2) is 30.6 Å². The Bertz CT molecular complexity index is 480. The van der Waals surface area contributed by atoms with Crippen LogP contribution in [0.5, 0.6) is 0 Å². The van der Waals surface area contributed by atoms with Crippen LogP contribution < -0.4 is 5.73 Å². The maximum atomic E-state index is 5.81. The van der Waals surface area contributed by atoms with Crippen molar-refractivity contribution in [3.05, 3.63) is 41.9 Å². The highest BCUT2D eigenvalue weighted by Crippen LogP contribution is 2.16. The van der Waals surface area contributed by atoms with Gasteiger partial charge in [0.1, 0.15) is 5.69 Å². The predicted octanol–water partition coefficient (Wildman–Crippen LogP) is 1.87. The summed E-state index contributed by atoms with van der Waals surface area (Å²) in [6.45, 7) is 3.86. The summed E-state index contributed by atoms with van der Waals surface area (Å²) in [5.41, 5.74) is 8.47. The van der Waals surface area contributed by atoms with Crippen LogP contribution >= 0.6 is 0 Å². The molecule has 2 rings (SSSR count). The molecule has 0 aliphatic carbocycles. The highest BCUT2D eigenvalue weighted by Gasteiger charge is 2.08. The Hall–Kier alpha value is -1.81. The van der Waals surface area contributed by atoms with Gasteiger partial charge in [-0.2, -0.15) is 0 Å². The van der Waals surface area contributed by atoms with E-state index in [2.05, 4.69) is 15.0 Å². The van der Waals surface area contributed by atoms with Gasteiger partial charge in [-0.1, -0.05) is 6.07 Å². The molecule has 82 valence electrons. The van der Waals surface area contributed by atoms with Gasteiger partial charge < -0.3 is 5.73 Å². The first-order valence-electron chi connectivity index (χ1n) is 5.19. The van der Waals surface area contributed by atoms with Crippen LogP contribution in [0.2, 0.25) is 0 Å². The fraction of sp³-hybridized carbons (Fsp3) is 0.250. The zero-order valence-corrected chi connectivity index (χ0v) is 9.38. The third kappa shape index (κ3) is 2.06. The van der Waals surface area contributed by atoms with Crippen LogP contribution in [-0.2, 0) is 0 Å². The summed E-state index contributed by atoms with van der Waals surface area (Å²) < 4.78 is 0. The number of nitrogens with zero attached hydrogens (tertiary/aromatic N) is 3. The third-order valence-electron chi connectivity index (χ3n) is 2.40. The van der Waals surface area contributed by atoms with Gasteiger partial charge in [0.05, 0.1) is 0 Å². The first-order chi connectivity index (χ1) is 7.68. The Morgan fingerprint density at radius 2 is 2.06 bits per heavy atom. The number of aryl methyl sites for hydroxylation is 1. The lowest BCUT2D eigenvalue weighted by Crippen LogP contribution is -2.09. The number of rotatable bonds is 2. The first-order valence-corrected chi connectivity index (χ1v) is 5.19. The van der Waals surface area contributed by atoms with Crippen LogP contribution in [0.4, 0.5) is 0 Å². The summed E-state index contributed by atoms with van der Waals surface area (Å²) in [5, 5.41) is 0. The van der Waals surface area contributed by atoms with E-state index in [1.165, 1.54) is 0 Å². The summed E-state index contributed by atoms with van der Waals surface area (Å²) in [4.78, 5) is 12.9. The summed E-state index contributed by atoms with van der Waals surface area (Å²) in [5.74, 6) is 0.641. The third-order valence-corrected chi connectivity index (χ3v) is 2.40. The summed E-state index contributed by atoms with van der Waals surface area (Å²) in [6, 6.07) is 5.63. The Kier molecular flexibility index (Phi) is 2.92. The molecular weight excluding hydrogens is 200 g/mol. The maximum absolute atomic E-state index is 5.81. The highest BCUT2D eigenvalue weighted by atomic mass is 14.9. The van der Waals surface area contributed by atoms with Crippen molar-refractivity contribution in [3.8, 4) is 11.5 Å². The molecule has 0 bridgehead atoms. The van der Waals surface area contributed by atoms with Gasteiger partial charge in [0.25, 0.3) is 0 Å². The van der Waals surface area contributed by atoms with Crippen molar-refractivity contribution in [3.63, 3.8) is 0 Å². The number of pyridine rings is 1. The highest BCUT2D eigenvalue weighted by molar-refractivity contribution is 5.48. The molecule has 4 nitrogen and oxygen atoms in total. The smallest absolute Gasteiger partial charge is 0.178 e. The van der Waals surface area contributed by atoms with Crippen molar-refractivity contribution < 1.29 is 0 Å². The molecule has 0 radical (unpaired) electrons. The normalized spacial score (nSPS) is 12.4. The van der Waals surface area contributed by atoms with Crippen molar-refractivity contribution in [2.24, 2.45) is 5.73 Å². The number of hydrogen-bond acceptors (Lipinski definition) is 4. The van der Waals surface area contributed by atoms with Crippen molar-refractivity contribution in [1.29, 1.82) is 0 Å². The van der Waals surface area contributed by atoms with Gasteiger partial charge in [0.15, 0.2) is 5.82 Å². The van der Waals surface area contributed by atoms with Gasteiger partial charge in [-0.3, -0.25) is 4.98 Å². The average Bonchev–Trinajstić information content (AvgIpc) is 2.29. The molecule has 0 aromatic carbocycles. The molecule has 4 heteroatoms. The second-order valence-electron chi connectivity index (χ2n) is 3.74. The average molecular weight is 214 g/mol. The molecule has 0 saturated heterocycles. The molecule has 2 aromatic rings. The zero-order valence-electron chi connectivity index (χ0n) is 9.38. The van der Waals surface area contributed by atoms with E-state index < -0.39 is 0 Å². The van der Waals surface area contributed by atoms with Crippen LogP contribution in [0, 0.1) is 6.92 Å². The van der Waals surface area contributed by atoms with E-state index in [0.29, 0.717) is 5.82 Å².